The van der Waals surface area contributed by atoms with Gasteiger partial charge in [0, 0.05) is 0 Å². The van der Waals surface area contributed by atoms with Gasteiger partial charge >= 0.3 is 0 Å². The third kappa shape index (κ3) is 2.26. The number of para-hydroxylation sites is 2. The van der Waals surface area contributed by atoms with Crippen molar-refractivity contribution in [2.45, 2.75) is 6.54 Å². The summed E-state index contributed by atoms with van der Waals surface area (Å²) in [4.78, 5) is 0. The molecule has 15 heavy (non-hydrogen) atoms. The number of nitrogens with two attached hydrogens (primary N) is 1. The van der Waals surface area contributed by atoms with E-state index in [0.29, 0.717) is 6.54 Å². The minimum atomic E-state index is 0. The summed E-state index contributed by atoms with van der Waals surface area (Å²) in [5.74, 6) is 1.14. The van der Waals surface area contributed by atoms with E-state index < -0.39 is 0 Å². The van der Waals surface area contributed by atoms with E-state index in [2.05, 4.69) is 21.3 Å². The Morgan fingerprint density at radius 3 is 2.47 bits per heavy atom. The van der Waals surface area contributed by atoms with Crippen molar-refractivity contribution >= 4 is 23.4 Å². The van der Waals surface area contributed by atoms with Crippen molar-refractivity contribution in [1.29, 1.82) is 0 Å². The Kier molecular flexibility index (Phi) is 5.55. The molecular weight excluding hydrogens is 324 g/mol. The SMILES string of the molecule is Cl.Cn1c(CN)[n+](C)c2ccccc21.[I-]. The van der Waals surface area contributed by atoms with E-state index in [1.807, 2.05) is 26.2 Å². The van der Waals surface area contributed by atoms with Crippen LogP contribution in [0.25, 0.3) is 11.0 Å². The van der Waals surface area contributed by atoms with Crippen LogP contribution in [0.3, 0.4) is 0 Å². The topological polar surface area (TPSA) is 34.8 Å². The molecule has 0 saturated heterocycles. The van der Waals surface area contributed by atoms with Crippen LogP contribution in [-0.2, 0) is 20.6 Å². The zero-order valence-corrected chi connectivity index (χ0v) is 11.7. The fourth-order valence-electron chi connectivity index (χ4n) is 1.81. The Labute approximate surface area is 113 Å². The number of halogens is 2. The van der Waals surface area contributed by atoms with Gasteiger partial charge in [0.25, 0.3) is 5.82 Å². The fraction of sp³-hybridized carbons (Fsp3) is 0.300. The number of nitrogens with zero attached hydrogens (tertiary/aromatic N) is 2. The standard InChI is InChI=1S/C10H14N3.ClH.HI/c1-12-8-5-3-4-6-9(8)13(2)10(12)7-11;;/h3-6H,7,11H2,1-2H3;2*1H/q+1;;/p-1. The molecular formula is C10H15ClIN3. The van der Waals surface area contributed by atoms with Crippen molar-refractivity contribution in [2.75, 3.05) is 0 Å². The molecule has 0 amide bonds. The van der Waals surface area contributed by atoms with Gasteiger partial charge in [-0.1, -0.05) is 12.1 Å². The molecule has 0 unspecified atom stereocenters. The van der Waals surface area contributed by atoms with Crippen molar-refractivity contribution in [3.63, 3.8) is 0 Å². The second-order valence-corrected chi connectivity index (χ2v) is 3.23. The van der Waals surface area contributed by atoms with Crippen LogP contribution < -0.4 is 34.3 Å². The lowest BCUT2D eigenvalue weighted by atomic mass is 10.3. The van der Waals surface area contributed by atoms with Crippen molar-refractivity contribution < 1.29 is 28.5 Å². The molecule has 0 saturated carbocycles. The highest BCUT2D eigenvalue weighted by Crippen LogP contribution is 2.11. The van der Waals surface area contributed by atoms with E-state index >= 15 is 0 Å². The normalized spacial score (nSPS) is 9.53. The predicted octanol–water partition coefficient (Wildman–Crippen LogP) is -2.11. The van der Waals surface area contributed by atoms with Crippen LogP contribution >= 0.6 is 12.4 Å². The van der Waals surface area contributed by atoms with E-state index in [-0.39, 0.29) is 36.4 Å². The van der Waals surface area contributed by atoms with Gasteiger partial charge in [-0.05, 0) is 12.1 Å². The van der Waals surface area contributed by atoms with Gasteiger partial charge in [0.1, 0.15) is 0 Å². The molecule has 0 aliphatic carbocycles. The maximum atomic E-state index is 5.67. The van der Waals surface area contributed by atoms with Crippen molar-refractivity contribution in [1.82, 2.24) is 4.57 Å². The number of hydrogen-bond acceptors (Lipinski definition) is 1. The van der Waals surface area contributed by atoms with E-state index in [4.69, 9.17) is 5.73 Å². The van der Waals surface area contributed by atoms with Crippen LogP contribution in [-0.4, -0.2) is 4.57 Å². The number of fused-ring (bicyclic) bond motifs is 1. The number of benzene rings is 1. The van der Waals surface area contributed by atoms with Gasteiger partial charge < -0.3 is 29.7 Å². The molecule has 2 rings (SSSR count). The molecule has 0 bridgehead atoms. The van der Waals surface area contributed by atoms with Crippen molar-refractivity contribution in [3.05, 3.63) is 30.1 Å². The third-order valence-electron chi connectivity index (χ3n) is 2.56. The maximum Gasteiger partial charge on any atom is 0.270 e. The first-order chi connectivity index (χ1) is 6.25. The molecule has 0 aliphatic heterocycles. The summed E-state index contributed by atoms with van der Waals surface area (Å²) in [6, 6.07) is 8.30. The second-order valence-electron chi connectivity index (χ2n) is 3.23. The first-order valence-corrected chi connectivity index (χ1v) is 4.38. The molecule has 1 aromatic heterocycles. The molecule has 2 N–H and O–H groups in total. The summed E-state index contributed by atoms with van der Waals surface area (Å²) in [5, 5.41) is 0. The number of aryl methyl sites for hydroxylation is 2. The molecule has 2 aromatic rings. The lowest BCUT2D eigenvalue weighted by Gasteiger charge is -1.91. The van der Waals surface area contributed by atoms with Crippen molar-refractivity contribution in [3.8, 4) is 0 Å². The van der Waals surface area contributed by atoms with Crippen LogP contribution in [0.15, 0.2) is 24.3 Å². The molecule has 0 spiro atoms. The Hall–Kier alpha value is -0.330. The zero-order valence-electron chi connectivity index (χ0n) is 8.77. The largest absolute Gasteiger partial charge is 1.00 e. The Bertz CT molecular complexity index is 414. The Morgan fingerprint density at radius 1 is 1.33 bits per heavy atom. The highest BCUT2D eigenvalue weighted by Gasteiger charge is 2.16. The molecule has 0 atom stereocenters. The second kappa shape index (κ2) is 5.67. The van der Waals surface area contributed by atoms with Gasteiger partial charge in [0.05, 0.1) is 20.6 Å². The van der Waals surface area contributed by atoms with Crippen LogP contribution in [0.2, 0.25) is 0 Å². The van der Waals surface area contributed by atoms with Gasteiger partial charge in [-0.25, -0.2) is 9.13 Å². The summed E-state index contributed by atoms with van der Waals surface area (Å²) in [6.07, 6.45) is 0. The van der Waals surface area contributed by atoms with Gasteiger partial charge in [-0.2, -0.15) is 0 Å². The molecule has 3 nitrogen and oxygen atoms in total. The van der Waals surface area contributed by atoms with Crippen LogP contribution in [0.1, 0.15) is 5.82 Å². The fourth-order valence-corrected chi connectivity index (χ4v) is 1.81. The molecule has 0 fully saturated rings. The van der Waals surface area contributed by atoms with Crippen molar-refractivity contribution in [2.24, 2.45) is 19.8 Å². The minimum Gasteiger partial charge on any atom is -1.00 e. The minimum absolute atomic E-state index is 0. The van der Waals surface area contributed by atoms with Crippen LogP contribution in [0.5, 0.6) is 0 Å². The average Bonchev–Trinajstić information content (AvgIpc) is 2.41. The molecule has 1 aromatic carbocycles. The zero-order chi connectivity index (χ0) is 9.42. The molecule has 0 aliphatic rings. The van der Waals surface area contributed by atoms with Gasteiger partial charge in [0.2, 0.25) is 0 Å². The first kappa shape index (κ1) is 14.7. The summed E-state index contributed by atoms with van der Waals surface area (Å²) in [6.45, 7) is 0.571. The first-order valence-electron chi connectivity index (χ1n) is 4.38. The van der Waals surface area contributed by atoms with Gasteiger partial charge in [-0.3, -0.25) is 0 Å². The summed E-state index contributed by atoms with van der Waals surface area (Å²) in [7, 11) is 4.09. The predicted molar refractivity (Wildman–Crippen MR) is 59.2 cm³/mol. The number of rotatable bonds is 1. The lowest BCUT2D eigenvalue weighted by Crippen LogP contribution is -3.00. The summed E-state index contributed by atoms with van der Waals surface area (Å²) < 4.78 is 4.27. The quantitative estimate of drug-likeness (QED) is 0.468. The van der Waals surface area contributed by atoms with Crippen LogP contribution in [0.4, 0.5) is 0 Å². The molecule has 5 heteroatoms. The van der Waals surface area contributed by atoms with Crippen LogP contribution in [0, 0.1) is 0 Å². The van der Waals surface area contributed by atoms with E-state index in [9.17, 15) is 0 Å². The number of hydrogen-bond donors (Lipinski definition) is 1. The van der Waals surface area contributed by atoms with Gasteiger partial charge in [-0.15, -0.1) is 12.4 Å². The third-order valence-corrected chi connectivity index (χ3v) is 2.56. The Balaban J connectivity index is 0.000000980. The number of aromatic nitrogens is 2. The summed E-state index contributed by atoms with van der Waals surface area (Å²) >= 11 is 0. The monoisotopic (exact) mass is 339 g/mol. The molecule has 84 valence electrons. The van der Waals surface area contributed by atoms with E-state index in [0.717, 1.165) is 5.82 Å². The highest BCUT2D eigenvalue weighted by atomic mass is 127. The lowest BCUT2D eigenvalue weighted by molar-refractivity contribution is -0.653. The van der Waals surface area contributed by atoms with Gasteiger partial charge in [0.15, 0.2) is 11.0 Å². The van der Waals surface area contributed by atoms with E-state index in [1.165, 1.54) is 11.0 Å². The highest BCUT2D eigenvalue weighted by molar-refractivity contribution is 5.85. The maximum absolute atomic E-state index is 5.67. The Morgan fingerprint density at radius 2 is 1.93 bits per heavy atom. The van der Waals surface area contributed by atoms with E-state index in [1.54, 1.807) is 0 Å². The molecule has 1 heterocycles. The smallest absolute Gasteiger partial charge is 0.270 e. The number of imidazole rings is 1. The average molecular weight is 340 g/mol. The summed E-state index contributed by atoms with van der Waals surface area (Å²) in [5.41, 5.74) is 8.13. The molecule has 0 radical (unpaired) electrons.